The summed E-state index contributed by atoms with van der Waals surface area (Å²) in [5.41, 5.74) is 5.44. The predicted molar refractivity (Wildman–Crippen MR) is 73.5 cm³/mol. The van der Waals surface area contributed by atoms with Crippen molar-refractivity contribution < 1.29 is 8.42 Å². The van der Waals surface area contributed by atoms with Crippen LogP contribution < -0.4 is 5.73 Å². The van der Waals surface area contributed by atoms with Gasteiger partial charge in [0.1, 0.15) is 17.0 Å². The van der Waals surface area contributed by atoms with Gasteiger partial charge in [-0.15, -0.1) is 10.2 Å². The summed E-state index contributed by atoms with van der Waals surface area (Å²) in [7, 11) is -3.55. The molecule has 2 N–H and O–H groups in total. The number of nitrogens with two attached hydrogens (primary N) is 1. The van der Waals surface area contributed by atoms with E-state index in [9.17, 15) is 8.42 Å². The summed E-state index contributed by atoms with van der Waals surface area (Å²) in [5.74, 6) is 0.653. The summed E-state index contributed by atoms with van der Waals surface area (Å²) in [6, 6.07) is 0. The van der Waals surface area contributed by atoms with Gasteiger partial charge in [-0.1, -0.05) is 0 Å². The molecule has 10 heteroatoms. The number of fused-ring (bicyclic) bond motifs is 1. The number of hydrogen-bond donors (Lipinski definition) is 1. The molecule has 2 aromatic heterocycles. The Morgan fingerprint density at radius 3 is 3.00 bits per heavy atom. The largest absolute Gasteiger partial charge is 0.330 e. The molecule has 0 aliphatic carbocycles. The third-order valence-corrected chi connectivity index (χ3v) is 5.24. The lowest BCUT2D eigenvalue weighted by molar-refractivity contribution is 0.335. The van der Waals surface area contributed by atoms with E-state index in [2.05, 4.69) is 15.3 Å². The zero-order valence-corrected chi connectivity index (χ0v) is 12.3. The van der Waals surface area contributed by atoms with E-state index in [1.165, 1.54) is 10.5 Å². The van der Waals surface area contributed by atoms with Crippen molar-refractivity contribution in [1.29, 1.82) is 0 Å². The number of hydrogen-bond acceptors (Lipinski definition) is 6. The van der Waals surface area contributed by atoms with E-state index in [-0.39, 0.29) is 11.4 Å². The van der Waals surface area contributed by atoms with E-state index in [4.69, 9.17) is 5.73 Å². The molecule has 114 valence electrons. The van der Waals surface area contributed by atoms with Crippen LogP contribution in [-0.4, -0.2) is 50.4 Å². The zero-order chi connectivity index (χ0) is 14.9. The number of nitrogens with zero attached hydrogens (tertiary/aromatic N) is 6. The van der Waals surface area contributed by atoms with E-state index in [1.54, 1.807) is 17.2 Å². The van der Waals surface area contributed by atoms with Gasteiger partial charge in [0, 0.05) is 25.8 Å². The third kappa shape index (κ3) is 2.69. The standard InChI is InChI=1S/C11H17N7O2S/c12-2-1-3-17-7-10(6-14-17)21(19,20)18-5-4-16-9-13-15-11(16)8-18/h6-7,9H,1-5,8,12H2. The Balaban J connectivity index is 1.79. The fourth-order valence-corrected chi connectivity index (χ4v) is 3.59. The highest BCUT2D eigenvalue weighted by molar-refractivity contribution is 7.89. The first-order valence-electron chi connectivity index (χ1n) is 6.70. The number of aromatic nitrogens is 5. The quantitative estimate of drug-likeness (QED) is 0.760. The van der Waals surface area contributed by atoms with Gasteiger partial charge < -0.3 is 10.3 Å². The van der Waals surface area contributed by atoms with Crippen LogP contribution >= 0.6 is 0 Å². The Labute approximate surface area is 122 Å². The van der Waals surface area contributed by atoms with Gasteiger partial charge in [0.25, 0.3) is 0 Å². The van der Waals surface area contributed by atoms with E-state index in [1.807, 2.05) is 4.57 Å². The van der Waals surface area contributed by atoms with Crippen molar-refractivity contribution in [2.75, 3.05) is 13.1 Å². The zero-order valence-electron chi connectivity index (χ0n) is 11.5. The average molecular weight is 311 g/mol. The monoisotopic (exact) mass is 311 g/mol. The Morgan fingerprint density at radius 2 is 2.19 bits per heavy atom. The number of aryl methyl sites for hydroxylation is 1. The van der Waals surface area contributed by atoms with Gasteiger partial charge in [-0.25, -0.2) is 8.42 Å². The van der Waals surface area contributed by atoms with Crippen molar-refractivity contribution in [2.45, 2.75) is 31.0 Å². The molecular weight excluding hydrogens is 294 g/mol. The van der Waals surface area contributed by atoms with Gasteiger partial charge in [0.15, 0.2) is 0 Å². The number of rotatable bonds is 5. The van der Waals surface area contributed by atoms with Crippen LogP contribution in [0.25, 0.3) is 0 Å². The average Bonchev–Trinajstić information content (AvgIpc) is 3.13. The fourth-order valence-electron chi connectivity index (χ4n) is 2.25. The lowest BCUT2D eigenvalue weighted by atomic mass is 10.4. The summed E-state index contributed by atoms with van der Waals surface area (Å²) in [6.45, 7) is 2.35. The first-order chi connectivity index (χ1) is 10.1. The van der Waals surface area contributed by atoms with Crippen LogP contribution in [0.1, 0.15) is 12.2 Å². The molecule has 0 radical (unpaired) electrons. The minimum absolute atomic E-state index is 0.201. The molecule has 0 atom stereocenters. The van der Waals surface area contributed by atoms with E-state index in [0.717, 1.165) is 6.42 Å². The molecule has 21 heavy (non-hydrogen) atoms. The van der Waals surface area contributed by atoms with Crippen molar-refractivity contribution in [2.24, 2.45) is 5.73 Å². The van der Waals surface area contributed by atoms with E-state index >= 15 is 0 Å². The summed E-state index contributed by atoms with van der Waals surface area (Å²) in [4.78, 5) is 0.201. The topological polar surface area (TPSA) is 112 Å². The van der Waals surface area contributed by atoms with Crippen molar-refractivity contribution in [1.82, 2.24) is 28.9 Å². The third-order valence-electron chi connectivity index (χ3n) is 3.44. The molecule has 0 amide bonds. The van der Waals surface area contributed by atoms with Crippen LogP contribution in [-0.2, 0) is 29.7 Å². The predicted octanol–water partition coefficient (Wildman–Crippen LogP) is -0.972. The highest BCUT2D eigenvalue weighted by Gasteiger charge is 2.30. The lowest BCUT2D eigenvalue weighted by Crippen LogP contribution is -2.38. The maximum Gasteiger partial charge on any atom is 0.246 e. The highest BCUT2D eigenvalue weighted by Crippen LogP contribution is 2.20. The summed E-state index contributed by atoms with van der Waals surface area (Å²) in [5, 5.41) is 11.8. The maximum absolute atomic E-state index is 12.6. The molecule has 0 bridgehead atoms. The molecule has 9 nitrogen and oxygen atoms in total. The molecule has 3 heterocycles. The minimum Gasteiger partial charge on any atom is -0.330 e. The minimum atomic E-state index is -3.55. The van der Waals surface area contributed by atoms with Crippen LogP contribution in [0.5, 0.6) is 0 Å². The molecule has 3 rings (SSSR count). The van der Waals surface area contributed by atoms with Gasteiger partial charge >= 0.3 is 0 Å². The Kier molecular flexibility index (Phi) is 3.74. The van der Waals surface area contributed by atoms with Crippen molar-refractivity contribution in [3.05, 3.63) is 24.5 Å². The first kappa shape index (κ1) is 14.2. The van der Waals surface area contributed by atoms with Crippen molar-refractivity contribution in [3.63, 3.8) is 0 Å². The first-order valence-corrected chi connectivity index (χ1v) is 8.14. The normalized spacial score (nSPS) is 16.0. The van der Waals surface area contributed by atoms with Crippen molar-refractivity contribution in [3.8, 4) is 0 Å². The van der Waals surface area contributed by atoms with Crippen LogP contribution in [0.4, 0.5) is 0 Å². The summed E-state index contributed by atoms with van der Waals surface area (Å²) in [6.07, 6.45) is 5.30. The Morgan fingerprint density at radius 1 is 1.33 bits per heavy atom. The molecule has 2 aromatic rings. The Hall–Kier alpha value is -1.78. The second-order valence-electron chi connectivity index (χ2n) is 4.86. The summed E-state index contributed by atoms with van der Waals surface area (Å²) >= 11 is 0. The second kappa shape index (κ2) is 5.54. The smallest absolute Gasteiger partial charge is 0.246 e. The van der Waals surface area contributed by atoms with Crippen LogP contribution in [0.2, 0.25) is 0 Å². The van der Waals surface area contributed by atoms with Crippen LogP contribution in [0, 0.1) is 0 Å². The molecule has 0 aromatic carbocycles. The summed E-state index contributed by atoms with van der Waals surface area (Å²) < 4.78 is 30.1. The Bertz CT molecular complexity index is 721. The van der Waals surface area contributed by atoms with Gasteiger partial charge in [0.05, 0.1) is 12.7 Å². The molecule has 0 fully saturated rings. The SMILES string of the molecule is NCCCn1cc(S(=O)(=O)N2CCn3cnnc3C2)cn1. The van der Waals surface area contributed by atoms with E-state index in [0.29, 0.717) is 32.0 Å². The van der Waals surface area contributed by atoms with Crippen LogP contribution in [0.3, 0.4) is 0 Å². The van der Waals surface area contributed by atoms with Crippen molar-refractivity contribution >= 4 is 10.0 Å². The van der Waals surface area contributed by atoms with Gasteiger partial charge in [0.2, 0.25) is 10.0 Å². The van der Waals surface area contributed by atoms with Crippen LogP contribution in [0.15, 0.2) is 23.6 Å². The lowest BCUT2D eigenvalue weighted by Gasteiger charge is -2.25. The fraction of sp³-hybridized carbons (Fsp3) is 0.545. The van der Waals surface area contributed by atoms with Gasteiger partial charge in [-0.2, -0.15) is 9.40 Å². The molecular formula is C11H17N7O2S. The van der Waals surface area contributed by atoms with Gasteiger partial charge in [-0.3, -0.25) is 4.68 Å². The number of sulfonamides is 1. The molecule has 0 unspecified atom stereocenters. The molecule has 1 aliphatic heterocycles. The molecule has 0 spiro atoms. The van der Waals surface area contributed by atoms with E-state index < -0.39 is 10.0 Å². The highest BCUT2D eigenvalue weighted by atomic mass is 32.2. The molecule has 1 aliphatic rings. The maximum atomic E-state index is 12.6. The molecule has 0 saturated carbocycles. The second-order valence-corrected chi connectivity index (χ2v) is 6.80. The van der Waals surface area contributed by atoms with Gasteiger partial charge in [-0.05, 0) is 13.0 Å². The molecule has 0 saturated heterocycles.